The topological polar surface area (TPSA) is 68.0 Å². The average molecular weight is 466 g/mol. The second-order valence-corrected chi connectivity index (χ2v) is 7.49. The Morgan fingerprint density at radius 3 is 2.06 bits per heavy atom. The van der Waals surface area contributed by atoms with E-state index in [9.17, 15) is 14.3 Å². The van der Waals surface area contributed by atoms with Crippen LogP contribution in [0.3, 0.4) is 0 Å². The van der Waals surface area contributed by atoms with E-state index in [0.29, 0.717) is 22.8 Å². The molecule has 0 aliphatic carbocycles. The maximum Gasteiger partial charge on any atom is 0.335 e. The lowest BCUT2D eigenvalue weighted by atomic mass is 10.0. The third-order valence-corrected chi connectivity index (χ3v) is 5.24. The van der Waals surface area contributed by atoms with E-state index in [-0.39, 0.29) is 5.56 Å². The molecule has 0 atom stereocenters. The maximum atomic E-state index is 14.0. The zero-order valence-electron chi connectivity index (χ0n) is 19.4. The van der Waals surface area contributed by atoms with Crippen LogP contribution in [0.4, 0.5) is 4.39 Å². The summed E-state index contributed by atoms with van der Waals surface area (Å²) in [5, 5.41) is 14.0. The van der Waals surface area contributed by atoms with Crippen molar-refractivity contribution in [3.8, 4) is 39.6 Å². The molecule has 0 fully saturated rings. The highest BCUT2D eigenvalue weighted by Gasteiger charge is 2.16. The van der Waals surface area contributed by atoms with Crippen LogP contribution in [0.1, 0.15) is 24.2 Å². The van der Waals surface area contributed by atoms with Crippen molar-refractivity contribution in [2.45, 2.75) is 13.8 Å². The van der Waals surface area contributed by atoms with E-state index in [1.165, 1.54) is 12.1 Å². The largest absolute Gasteiger partial charge is 0.478 e. The van der Waals surface area contributed by atoms with Crippen molar-refractivity contribution >= 4 is 5.97 Å². The Bertz CT molecular complexity index is 1390. The minimum Gasteiger partial charge on any atom is -0.478 e. The standard InChI is InChI=1S/C27H18FN3O2.C2H6/c28-23-16-21(15-22(17-23)27(32)33)19-10-7-11-20(14-19)25-29-26(18-8-3-1-4-9-18)31(30-25)24-12-5-2-6-13-24;1-2/h1-17H,(H,32,33);1-2H3. The van der Waals surface area contributed by atoms with E-state index in [2.05, 4.69) is 0 Å². The lowest BCUT2D eigenvalue weighted by molar-refractivity contribution is 0.0696. The minimum absolute atomic E-state index is 0.103. The van der Waals surface area contributed by atoms with Crippen LogP contribution in [0.2, 0.25) is 0 Å². The third kappa shape index (κ3) is 5.17. The molecule has 0 saturated carbocycles. The molecule has 174 valence electrons. The summed E-state index contributed by atoms with van der Waals surface area (Å²) in [6, 6.07) is 30.6. The zero-order valence-corrected chi connectivity index (χ0v) is 19.4. The molecule has 0 unspecified atom stereocenters. The summed E-state index contributed by atoms with van der Waals surface area (Å²) >= 11 is 0. The van der Waals surface area contributed by atoms with Crippen molar-refractivity contribution in [3.63, 3.8) is 0 Å². The number of para-hydroxylation sites is 1. The summed E-state index contributed by atoms with van der Waals surface area (Å²) in [5.41, 5.74) is 3.58. The first kappa shape index (κ1) is 23.6. The van der Waals surface area contributed by atoms with Crippen molar-refractivity contribution in [2.75, 3.05) is 0 Å². The van der Waals surface area contributed by atoms with E-state index in [4.69, 9.17) is 10.1 Å². The average Bonchev–Trinajstić information content (AvgIpc) is 3.36. The van der Waals surface area contributed by atoms with E-state index >= 15 is 0 Å². The molecule has 0 amide bonds. The second-order valence-electron chi connectivity index (χ2n) is 7.49. The van der Waals surface area contributed by atoms with Gasteiger partial charge in [0.05, 0.1) is 11.3 Å². The van der Waals surface area contributed by atoms with Gasteiger partial charge in [0.2, 0.25) is 0 Å². The summed E-state index contributed by atoms with van der Waals surface area (Å²) in [5.74, 6) is -0.577. The summed E-state index contributed by atoms with van der Waals surface area (Å²) < 4.78 is 15.8. The molecular formula is C29H24FN3O2. The molecule has 0 radical (unpaired) electrons. The van der Waals surface area contributed by atoms with Crippen molar-refractivity contribution in [2.24, 2.45) is 0 Å². The van der Waals surface area contributed by atoms with Gasteiger partial charge in [-0.15, -0.1) is 5.10 Å². The van der Waals surface area contributed by atoms with Crippen LogP contribution < -0.4 is 0 Å². The van der Waals surface area contributed by atoms with Gasteiger partial charge in [-0.1, -0.05) is 80.6 Å². The summed E-state index contributed by atoms with van der Waals surface area (Å²) in [4.78, 5) is 16.2. The Balaban J connectivity index is 0.00000141. The van der Waals surface area contributed by atoms with Gasteiger partial charge < -0.3 is 5.11 Å². The molecule has 5 nitrogen and oxygen atoms in total. The number of benzene rings is 4. The minimum atomic E-state index is -1.18. The normalized spacial score (nSPS) is 10.4. The number of hydrogen-bond donors (Lipinski definition) is 1. The number of rotatable bonds is 5. The summed E-state index contributed by atoms with van der Waals surface area (Å²) in [7, 11) is 0. The number of carboxylic acids is 1. The van der Waals surface area contributed by atoms with Crippen LogP contribution >= 0.6 is 0 Å². The highest BCUT2D eigenvalue weighted by molar-refractivity contribution is 5.89. The lowest BCUT2D eigenvalue weighted by Crippen LogP contribution is -1.99. The molecule has 5 rings (SSSR count). The Hall–Kier alpha value is -4.58. The van der Waals surface area contributed by atoms with Crippen LogP contribution in [-0.4, -0.2) is 25.8 Å². The van der Waals surface area contributed by atoms with E-state index in [0.717, 1.165) is 22.9 Å². The SMILES string of the molecule is CC.O=C(O)c1cc(F)cc(-c2cccc(-c3nc(-c4ccccc4)n(-c4ccccc4)n3)c2)c1. The predicted octanol–water partition coefficient (Wildman–Crippen LogP) is 7.13. The number of aromatic nitrogens is 3. The molecule has 1 N–H and O–H groups in total. The summed E-state index contributed by atoms with van der Waals surface area (Å²) in [6.45, 7) is 4.00. The highest BCUT2D eigenvalue weighted by atomic mass is 19.1. The molecule has 4 aromatic carbocycles. The van der Waals surface area contributed by atoms with Gasteiger partial charge in [0.25, 0.3) is 0 Å². The first-order valence-electron chi connectivity index (χ1n) is 11.3. The smallest absolute Gasteiger partial charge is 0.335 e. The molecule has 0 bridgehead atoms. The fraction of sp³-hybridized carbons (Fsp3) is 0.0690. The maximum absolute atomic E-state index is 14.0. The highest BCUT2D eigenvalue weighted by Crippen LogP contribution is 2.29. The van der Waals surface area contributed by atoms with Gasteiger partial charge in [0.1, 0.15) is 5.82 Å². The van der Waals surface area contributed by atoms with Crippen LogP contribution in [0.25, 0.3) is 39.6 Å². The Morgan fingerprint density at radius 1 is 0.743 bits per heavy atom. The number of halogens is 1. The molecule has 1 aromatic heterocycles. The van der Waals surface area contributed by atoms with Crippen LogP contribution in [0.5, 0.6) is 0 Å². The van der Waals surface area contributed by atoms with Gasteiger partial charge in [-0.2, -0.15) is 0 Å². The van der Waals surface area contributed by atoms with Gasteiger partial charge in [-0.05, 0) is 47.5 Å². The van der Waals surface area contributed by atoms with E-state index < -0.39 is 11.8 Å². The summed E-state index contributed by atoms with van der Waals surface area (Å²) in [6.07, 6.45) is 0. The van der Waals surface area contributed by atoms with Gasteiger partial charge in [0, 0.05) is 11.1 Å². The molecular weight excluding hydrogens is 441 g/mol. The Morgan fingerprint density at radius 2 is 1.37 bits per heavy atom. The number of nitrogens with zero attached hydrogens (tertiary/aromatic N) is 3. The van der Waals surface area contributed by atoms with Crippen molar-refractivity contribution in [1.29, 1.82) is 0 Å². The number of aromatic carboxylic acids is 1. The Labute approximate surface area is 203 Å². The molecule has 0 saturated heterocycles. The van der Waals surface area contributed by atoms with Crippen LogP contribution in [0.15, 0.2) is 103 Å². The fourth-order valence-corrected chi connectivity index (χ4v) is 3.68. The quantitative estimate of drug-likeness (QED) is 0.300. The van der Waals surface area contributed by atoms with E-state index in [1.54, 1.807) is 10.7 Å². The predicted molar refractivity (Wildman–Crippen MR) is 136 cm³/mol. The lowest BCUT2D eigenvalue weighted by Gasteiger charge is -2.06. The molecule has 35 heavy (non-hydrogen) atoms. The third-order valence-electron chi connectivity index (χ3n) is 5.24. The van der Waals surface area contributed by atoms with Crippen molar-refractivity contribution < 1.29 is 14.3 Å². The van der Waals surface area contributed by atoms with Crippen molar-refractivity contribution in [3.05, 3.63) is 115 Å². The van der Waals surface area contributed by atoms with Crippen LogP contribution in [0, 0.1) is 5.82 Å². The molecule has 0 aliphatic rings. The van der Waals surface area contributed by atoms with Gasteiger partial charge in [0.15, 0.2) is 11.6 Å². The second kappa shape index (κ2) is 10.6. The fourth-order valence-electron chi connectivity index (χ4n) is 3.68. The van der Waals surface area contributed by atoms with Gasteiger partial charge in [-0.25, -0.2) is 18.9 Å². The molecule has 0 aliphatic heterocycles. The zero-order chi connectivity index (χ0) is 24.8. The van der Waals surface area contributed by atoms with E-state index in [1.807, 2.05) is 92.7 Å². The number of carbonyl (C=O) groups is 1. The molecule has 6 heteroatoms. The van der Waals surface area contributed by atoms with Gasteiger partial charge >= 0.3 is 5.97 Å². The molecule has 0 spiro atoms. The Kier molecular flexibility index (Phi) is 7.12. The van der Waals surface area contributed by atoms with Crippen LogP contribution in [-0.2, 0) is 0 Å². The number of hydrogen-bond acceptors (Lipinski definition) is 3. The molecule has 1 heterocycles. The number of carboxylic acid groups (broad SMARTS) is 1. The monoisotopic (exact) mass is 465 g/mol. The van der Waals surface area contributed by atoms with Crippen molar-refractivity contribution in [1.82, 2.24) is 14.8 Å². The first-order chi connectivity index (χ1) is 17.1. The molecule has 5 aromatic rings. The first-order valence-corrected chi connectivity index (χ1v) is 11.3. The van der Waals surface area contributed by atoms with Gasteiger partial charge in [-0.3, -0.25) is 0 Å².